The number of nitrogens with one attached hydrogen (secondary N) is 1. The van der Waals surface area contributed by atoms with Crippen LogP contribution in [0.4, 0.5) is 0 Å². The molecule has 1 atom stereocenters. The number of hydrogen-bond acceptors (Lipinski definition) is 4. The van der Waals surface area contributed by atoms with Crippen molar-refractivity contribution in [1.29, 1.82) is 0 Å². The van der Waals surface area contributed by atoms with Crippen molar-refractivity contribution < 1.29 is 13.2 Å². The van der Waals surface area contributed by atoms with E-state index in [-0.39, 0.29) is 17.6 Å². The highest BCUT2D eigenvalue weighted by atomic mass is 32.2. The topological polar surface area (TPSA) is 81.4 Å². The van der Waals surface area contributed by atoms with Crippen molar-refractivity contribution in [3.05, 3.63) is 0 Å². The summed E-state index contributed by atoms with van der Waals surface area (Å²) >= 11 is 4.67. The zero-order valence-electron chi connectivity index (χ0n) is 10.7. The second-order valence-corrected chi connectivity index (χ2v) is 7.17. The summed E-state index contributed by atoms with van der Waals surface area (Å²) in [6.45, 7) is 2.15. The minimum absolute atomic E-state index is 0.0179. The lowest BCUT2D eigenvalue weighted by molar-refractivity contribution is 0.0321. The van der Waals surface area contributed by atoms with E-state index in [1.165, 1.54) is 26.2 Å². The van der Waals surface area contributed by atoms with E-state index in [4.69, 9.17) is 10.5 Å². The van der Waals surface area contributed by atoms with Crippen molar-refractivity contribution in [3.8, 4) is 0 Å². The molecule has 106 valence electrons. The molecule has 5 nitrogen and oxygen atoms in total. The van der Waals surface area contributed by atoms with Gasteiger partial charge in [-0.3, -0.25) is 0 Å². The molecule has 0 aliphatic heterocycles. The SMILES string of the molecule is CC(C(N)=S)S(=O)(=O)NCCOC1CCCCC1. The van der Waals surface area contributed by atoms with Gasteiger partial charge in [-0.25, -0.2) is 13.1 Å². The highest BCUT2D eigenvalue weighted by Crippen LogP contribution is 2.19. The molecule has 0 amide bonds. The smallest absolute Gasteiger partial charge is 0.220 e. The highest BCUT2D eigenvalue weighted by molar-refractivity contribution is 7.93. The van der Waals surface area contributed by atoms with E-state index in [1.54, 1.807) is 0 Å². The van der Waals surface area contributed by atoms with Gasteiger partial charge in [0.25, 0.3) is 0 Å². The van der Waals surface area contributed by atoms with Gasteiger partial charge >= 0.3 is 0 Å². The molecular weight excluding hydrogens is 272 g/mol. The summed E-state index contributed by atoms with van der Waals surface area (Å²) in [5.41, 5.74) is 5.32. The predicted octanol–water partition coefficient (Wildman–Crippen LogP) is 0.930. The van der Waals surface area contributed by atoms with Crippen molar-refractivity contribution in [2.24, 2.45) is 5.73 Å². The third-order valence-corrected chi connectivity index (χ3v) is 5.47. The first-order chi connectivity index (χ1) is 8.43. The van der Waals surface area contributed by atoms with Crippen LogP contribution >= 0.6 is 12.2 Å². The molecule has 0 heterocycles. The van der Waals surface area contributed by atoms with Crippen LogP contribution in [0.25, 0.3) is 0 Å². The van der Waals surface area contributed by atoms with Crippen LogP contribution in [-0.4, -0.2) is 37.9 Å². The van der Waals surface area contributed by atoms with E-state index in [1.807, 2.05) is 0 Å². The molecule has 0 saturated heterocycles. The lowest BCUT2D eigenvalue weighted by atomic mass is 9.98. The van der Waals surface area contributed by atoms with E-state index in [2.05, 4.69) is 16.9 Å². The fourth-order valence-electron chi connectivity index (χ4n) is 1.92. The molecule has 0 aromatic heterocycles. The molecule has 1 rings (SSSR count). The van der Waals surface area contributed by atoms with Crippen molar-refractivity contribution in [2.75, 3.05) is 13.2 Å². The van der Waals surface area contributed by atoms with Gasteiger partial charge in [-0.2, -0.15) is 0 Å². The number of rotatable bonds is 7. The van der Waals surface area contributed by atoms with Crippen LogP contribution in [0, 0.1) is 0 Å². The molecule has 1 fully saturated rings. The Morgan fingerprint density at radius 1 is 1.44 bits per heavy atom. The number of sulfonamides is 1. The molecule has 0 aromatic carbocycles. The molecule has 3 N–H and O–H groups in total. The summed E-state index contributed by atoms with van der Waals surface area (Å²) in [5, 5.41) is -0.845. The summed E-state index contributed by atoms with van der Waals surface area (Å²) in [5.74, 6) is 0. The minimum atomic E-state index is -3.46. The maximum Gasteiger partial charge on any atom is 0.220 e. The zero-order chi connectivity index (χ0) is 13.6. The molecule has 0 bridgehead atoms. The largest absolute Gasteiger partial charge is 0.392 e. The van der Waals surface area contributed by atoms with E-state index >= 15 is 0 Å². The van der Waals surface area contributed by atoms with Crippen LogP contribution in [0.3, 0.4) is 0 Å². The Morgan fingerprint density at radius 3 is 2.61 bits per heavy atom. The van der Waals surface area contributed by atoms with Crippen molar-refractivity contribution in [2.45, 2.75) is 50.4 Å². The van der Waals surface area contributed by atoms with E-state index in [9.17, 15) is 8.42 Å². The quantitative estimate of drug-likeness (QED) is 0.539. The van der Waals surface area contributed by atoms with Crippen LogP contribution in [0.1, 0.15) is 39.0 Å². The van der Waals surface area contributed by atoms with E-state index < -0.39 is 15.3 Å². The Morgan fingerprint density at radius 2 is 2.06 bits per heavy atom. The predicted molar refractivity (Wildman–Crippen MR) is 76.0 cm³/mol. The first-order valence-electron chi connectivity index (χ1n) is 6.33. The summed E-state index contributed by atoms with van der Waals surface area (Å²) in [6.07, 6.45) is 6.13. The molecule has 0 radical (unpaired) electrons. The summed E-state index contributed by atoms with van der Waals surface area (Å²) in [4.78, 5) is -0.0179. The van der Waals surface area contributed by atoms with Crippen molar-refractivity contribution >= 4 is 27.2 Å². The minimum Gasteiger partial charge on any atom is -0.392 e. The van der Waals surface area contributed by atoms with Gasteiger partial charge in [0.05, 0.1) is 17.7 Å². The van der Waals surface area contributed by atoms with Crippen molar-refractivity contribution in [3.63, 3.8) is 0 Å². The van der Waals surface area contributed by atoms with E-state index in [0.717, 1.165) is 12.8 Å². The summed E-state index contributed by atoms with van der Waals surface area (Å²) in [6, 6.07) is 0. The maximum absolute atomic E-state index is 11.7. The summed E-state index contributed by atoms with van der Waals surface area (Å²) in [7, 11) is -3.46. The number of nitrogens with two attached hydrogens (primary N) is 1. The average molecular weight is 294 g/mol. The monoisotopic (exact) mass is 294 g/mol. The van der Waals surface area contributed by atoms with Crippen LogP contribution < -0.4 is 10.5 Å². The normalized spacial score (nSPS) is 19.6. The fourth-order valence-corrected chi connectivity index (χ4v) is 3.22. The Balaban J connectivity index is 2.22. The summed E-state index contributed by atoms with van der Waals surface area (Å²) < 4.78 is 31.5. The fraction of sp³-hybridized carbons (Fsp3) is 0.909. The van der Waals surface area contributed by atoms with Gasteiger partial charge in [-0.1, -0.05) is 31.5 Å². The lowest BCUT2D eigenvalue weighted by Crippen LogP contribution is -2.41. The van der Waals surface area contributed by atoms with Gasteiger partial charge in [-0.15, -0.1) is 0 Å². The Hall–Kier alpha value is -0.240. The Labute approximate surface area is 115 Å². The van der Waals surface area contributed by atoms with Gasteiger partial charge in [-0.05, 0) is 19.8 Å². The van der Waals surface area contributed by atoms with E-state index in [0.29, 0.717) is 6.61 Å². The number of thiocarbonyl (C=S) groups is 1. The lowest BCUT2D eigenvalue weighted by Gasteiger charge is -2.22. The number of hydrogen-bond donors (Lipinski definition) is 2. The molecule has 1 aliphatic rings. The third-order valence-electron chi connectivity index (χ3n) is 3.18. The van der Waals surface area contributed by atoms with Crippen LogP contribution in [-0.2, 0) is 14.8 Å². The van der Waals surface area contributed by atoms with Gasteiger partial charge in [0.2, 0.25) is 10.0 Å². The molecule has 18 heavy (non-hydrogen) atoms. The second-order valence-electron chi connectivity index (χ2n) is 4.61. The maximum atomic E-state index is 11.7. The molecule has 0 spiro atoms. The zero-order valence-corrected chi connectivity index (χ0v) is 12.4. The molecular formula is C11H22N2O3S2. The Kier molecular flexibility index (Phi) is 6.48. The molecule has 1 saturated carbocycles. The van der Waals surface area contributed by atoms with Crippen molar-refractivity contribution in [1.82, 2.24) is 4.72 Å². The first-order valence-corrected chi connectivity index (χ1v) is 8.28. The first kappa shape index (κ1) is 15.8. The molecule has 1 unspecified atom stereocenters. The highest BCUT2D eigenvalue weighted by Gasteiger charge is 2.22. The molecule has 0 aromatic rings. The van der Waals surface area contributed by atoms with Crippen LogP contribution in [0.2, 0.25) is 0 Å². The van der Waals surface area contributed by atoms with Gasteiger partial charge in [0, 0.05) is 6.54 Å². The third kappa shape index (κ3) is 5.17. The van der Waals surface area contributed by atoms with Gasteiger partial charge in [0.1, 0.15) is 5.25 Å². The average Bonchev–Trinajstić information content (AvgIpc) is 2.35. The standard InChI is InChI=1S/C11H22N2O3S2/c1-9(11(12)17)18(14,15)13-7-8-16-10-5-3-2-4-6-10/h9-10,13H,2-8H2,1H3,(H2,12,17). The second kappa shape index (κ2) is 7.37. The molecule has 1 aliphatic carbocycles. The van der Waals surface area contributed by atoms with Gasteiger partial charge < -0.3 is 10.5 Å². The molecule has 7 heteroatoms. The Bertz CT molecular complexity index is 364. The number of ether oxygens (including phenoxy) is 1. The van der Waals surface area contributed by atoms with Crippen LogP contribution in [0.5, 0.6) is 0 Å². The van der Waals surface area contributed by atoms with Gasteiger partial charge in [0.15, 0.2) is 0 Å². The van der Waals surface area contributed by atoms with Crippen LogP contribution in [0.15, 0.2) is 0 Å².